The molecule has 0 N–H and O–H groups in total. The van der Waals surface area contributed by atoms with Crippen molar-refractivity contribution < 1.29 is 18.7 Å². The van der Waals surface area contributed by atoms with Crippen LogP contribution in [0.4, 0.5) is 4.39 Å². The first-order valence-electron chi connectivity index (χ1n) is 7.23. The second kappa shape index (κ2) is 6.71. The second-order valence-electron chi connectivity index (χ2n) is 5.22. The zero-order valence-corrected chi connectivity index (χ0v) is 12.5. The van der Waals surface area contributed by atoms with E-state index in [2.05, 4.69) is 6.58 Å². The molecule has 0 aliphatic carbocycles. The fraction of sp³-hybridized carbons (Fsp3) is 0.412. The van der Waals surface area contributed by atoms with Gasteiger partial charge in [-0.1, -0.05) is 19.4 Å². The number of Topliss-reactive ketones (excluding diaryl/α,β-unsaturated/α-hetero) is 1. The van der Waals surface area contributed by atoms with Gasteiger partial charge in [-0.05, 0) is 31.0 Å². The highest BCUT2D eigenvalue weighted by Gasteiger charge is 2.52. The van der Waals surface area contributed by atoms with Gasteiger partial charge < -0.3 is 9.47 Å². The molecule has 116 valence electrons. The minimum atomic E-state index is -1.53. The van der Waals surface area contributed by atoms with Gasteiger partial charge in [0.05, 0.1) is 18.2 Å². The van der Waals surface area contributed by atoms with E-state index in [9.17, 15) is 14.4 Å². The van der Waals surface area contributed by atoms with Crippen LogP contribution in [0.1, 0.15) is 36.5 Å². The van der Waals surface area contributed by atoms with Gasteiger partial charge in [-0.15, -0.1) is 6.58 Å². The van der Waals surface area contributed by atoms with E-state index in [0.29, 0.717) is 6.61 Å². The van der Waals surface area contributed by atoms with Crippen LogP contribution in [0, 0.1) is 22.6 Å². The summed E-state index contributed by atoms with van der Waals surface area (Å²) < 4.78 is 24.7. The maximum atomic E-state index is 13.4. The van der Waals surface area contributed by atoms with E-state index in [1.165, 1.54) is 18.2 Å². The van der Waals surface area contributed by atoms with Crippen LogP contribution in [0.3, 0.4) is 0 Å². The average molecular weight is 303 g/mol. The van der Waals surface area contributed by atoms with Gasteiger partial charge in [0, 0.05) is 0 Å². The monoisotopic (exact) mass is 303 g/mol. The molecule has 5 heteroatoms. The van der Waals surface area contributed by atoms with E-state index < -0.39 is 23.3 Å². The Balaban J connectivity index is 2.43. The Morgan fingerprint density at radius 3 is 3.00 bits per heavy atom. The summed E-state index contributed by atoms with van der Waals surface area (Å²) >= 11 is 0. The van der Waals surface area contributed by atoms with Crippen LogP contribution in [0.25, 0.3) is 0 Å². The highest BCUT2D eigenvalue weighted by molar-refractivity contribution is 6.05. The highest BCUT2D eigenvalue weighted by atomic mass is 19.1. The zero-order chi connectivity index (χ0) is 16.2. The van der Waals surface area contributed by atoms with Gasteiger partial charge in [-0.2, -0.15) is 5.26 Å². The Morgan fingerprint density at radius 1 is 1.59 bits per heavy atom. The lowest BCUT2D eigenvalue weighted by Gasteiger charge is -2.37. The van der Waals surface area contributed by atoms with E-state index in [4.69, 9.17) is 9.47 Å². The summed E-state index contributed by atoms with van der Waals surface area (Å²) in [5, 5.41) is 9.59. The molecular formula is C17H18FNO3. The smallest absolute Gasteiger partial charge is 0.226 e. The topological polar surface area (TPSA) is 59.3 Å². The van der Waals surface area contributed by atoms with E-state index >= 15 is 0 Å². The molecular weight excluding hydrogens is 285 g/mol. The molecule has 1 aromatic rings. The third-order valence-corrected chi connectivity index (χ3v) is 3.66. The van der Waals surface area contributed by atoms with Gasteiger partial charge in [-0.3, -0.25) is 4.79 Å². The number of allylic oxidation sites excluding steroid dienone is 1. The molecule has 0 unspecified atom stereocenters. The van der Waals surface area contributed by atoms with Gasteiger partial charge in [0.25, 0.3) is 0 Å². The van der Waals surface area contributed by atoms with Crippen LogP contribution in [0.15, 0.2) is 30.9 Å². The Hall–Kier alpha value is -2.19. The van der Waals surface area contributed by atoms with Gasteiger partial charge in [-0.25, -0.2) is 4.39 Å². The minimum Gasteiger partial charge on any atom is -0.462 e. The maximum Gasteiger partial charge on any atom is 0.226 e. The first kappa shape index (κ1) is 16.2. The number of benzene rings is 1. The average Bonchev–Trinajstić information content (AvgIpc) is 2.52. The van der Waals surface area contributed by atoms with Crippen molar-refractivity contribution in [3.63, 3.8) is 0 Å². The Labute approximate surface area is 129 Å². The highest BCUT2D eigenvalue weighted by Crippen LogP contribution is 2.42. The number of hydrogen-bond donors (Lipinski definition) is 0. The minimum absolute atomic E-state index is 0.0683. The number of carbonyl (C=O) groups is 1. The number of rotatable bonds is 6. The summed E-state index contributed by atoms with van der Waals surface area (Å²) in [6.07, 6.45) is 2.25. The Bertz CT molecular complexity index is 623. The predicted octanol–water partition coefficient (Wildman–Crippen LogP) is 3.63. The molecule has 1 aromatic carbocycles. The summed E-state index contributed by atoms with van der Waals surface area (Å²) in [5.41, 5.74) is -1.46. The fourth-order valence-electron chi connectivity index (χ4n) is 2.42. The standard InChI is InChI=1S/C17H18FNO3/c1-3-5-9-21-16-17(11-19,8-4-2)15(20)13-10-12(18)6-7-14(13)22-16/h4,6-7,10,16H,2-3,5,8-9H2,1H3/t16-,17+/m1/s1. The van der Waals surface area contributed by atoms with E-state index in [-0.39, 0.29) is 17.7 Å². The quantitative estimate of drug-likeness (QED) is 0.595. The molecule has 0 spiro atoms. The molecule has 0 saturated carbocycles. The molecule has 4 nitrogen and oxygen atoms in total. The van der Waals surface area contributed by atoms with Crippen LogP contribution < -0.4 is 4.74 Å². The van der Waals surface area contributed by atoms with Crippen molar-refractivity contribution in [3.8, 4) is 11.8 Å². The number of fused-ring (bicyclic) bond motifs is 1. The number of unbranched alkanes of at least 4 members (excludes halogenated alkanes) is 1. The number of nitrogens with zero attached hydrogens (tertiary/aromatic N) is 1. The maximum absolute atomic E-state index is 13.4. The van der Waals surface area contributed by atoms with Crippen molar-refractivity contribution in [3.05, 3.63) is 42.2 Å². The van der Waals surface area contributed by atoms with E-state index in [1.807, 2.05) is 13.0 Å². The normalized spacial score (nSPS) is 23.3. The molecule has 0 radical (unpaired) electrons. The fourth-order valence-corrected chi connectivity index (χ4v) is 2.42. The SMILES string of the molecule is C=CC[C@]1(C#N)C(=O)c2cc(F)ccc2O[C@H]1OCCCC. The van der Waals surface area contributed by atoms with Crippen molar-refractivity contribution in [2.24, 2.45) is 5.41 Å². The van der Waals surface area contributed by atoms with Crippen molar-refractivity contribution in [1.82, 2.24) is 0 Å². The summed E-state index contributed by atoms with van der Waals surface area (Å²) in [5.74, 6) is -0.800. The Morgan fingerprint density at radius 2 is 2.36 bits per heavy atom. The van der Waals surface area contributed by atoms with Crippen molar-refractivity contribution in [2.45, 2.75) is 32.5 Å². The molecule has 0 aromatic heterocycles. The van der Waals surface area contributed by atoms with Crippen molar-refractivity contribution >= 4 is 5.78 Å². The largest absolute Gasteiger partial charge is 0.462 e. The lowest BCUT2D eigenvalue weighted by atomic mass is 9.76. The van der Waals surface area contributed by atoms with Gasteiger partial charge in [0.2, 0.25) is 6.29 Å². The second-order valence-corrected chi connectivity index (χ2v) is 5.22. The van der Waals surface area contributed by atoms with Crippen LogP contribution in [0.2, 0.25) is 0 Å². The molecule has 1 heterocycles. The molecule has 2 atom stereocenters. The first-order valence-corrected chi connectivity index (χ1v) is 7.23. The predicted molar refractivity (Wildman–Crippen MR) is 78.9 cm³/mol. The van der Waals surface area contributed by atoms with Crippen LogP contribution in [-0.2, 0) is 4.74 Å². The van der Waals surface area contributed by atoms with Crippen LogP contribution in [-0.4, -0.2) is 18.7 Å². The molecule has 22 heavy (non-hydrogen) atoms. The van der Waals surface area contributed by atoms with Crippen LogP contribution >= 0.6 is 0 Å². The van der Waals surface area contributed by atoms with Gasteiger partial charge in [0.15, 0.2) is 11.2 Å². The summed E-state index contributed by atoms with van der Waals surface area (Å²) in [6, 6.07) is 5.70. The number of nitriles is 1. The molecule has 0 bridgehead atoms. The third-order valence-electron chi connectivity index (χ3n) is 3.66. The lowest BCUT2D eigenvalue weighted by Crippen LogP contribution is -2.49. The first-order chi connectivity index (χ1) is 10.6. The van der Waals surface area contributed by atoms with Crippen molar-refractivity contribution in [2.75, 3.05) is 6.61 Å². The summed E-state index contributed by atoms with van der Waals surface area (Å²) in [7, 11) is 0. The van der Waals surface area contributed by atoms with Gasteiger partial charge >= 0.3 is 0 Å². The third kappa shape index (κ3) is 2.75. The summed E-state index contributed by atoms with van der Waals surface area (Å²) in [6.45, 7) is 5.99. The van der Waals surface area contributed by atoms with E-state index in [1.54, 1.807) is 0 Å². The number of ketones is 1. The molecule has 1 aliphatic heterocycles. The molecule has 0 amide bonds. The number of hydrogen-bond acceptors (Lipinski definition) is 4. The van der Waals surface area contributed by atoms with Crippen molar-refractivity contribution in [1.29, 1.82) is 5.26 Å². The molecule has 0 saturated heterocycles. The molecule has 0 fully saturated rings. The van der Waals surface area contributed by atoms with Gasteiger partial charge in [0.1, 0.15) is 11.6 Å². The lowest BCUT2D eigenvalue weighted by molar-refractivity contribution is -0.131. The molecule has 1 aliphatic rings. The number of ether oxygens (including phenoxy) is 2. The number of carbonyl (C=O) groups excluding carboxylic acids is 1. The summed E-state index contributed by atoms with van der Waals surface area (Å²) in [4.78, 5) is 12.8. The van der Waals surface area contributed by atoms with Crippen LogP contribution in [0.5, 0.6) is 5.75 Å². The van der Waals surface area contributed by atoms with E-state index in [0.717, 1.165) is 18.9 Å². The zero-order valence-electron chi connectivity index (χ0n) is 12.5. The number of halogens is 1. The molecule has 2 rings (SSSR count). The Kier molecular flexibility index (Phi) is 4.94.